The molecule has 3 heterocycles. The normalized spacial score (nSPS) is 22.1. The monoisotopic (exact) mass is 472 g/mol. The number of halogens is 2. The van der Waals surface area contributed by atoms with E-state index in [1.54, 1.807) is 11.0 Å². The molecule has 0 bridgehead atoms. The molecule has 3 fully saturated rings. The van der Waals surface area contributed by atoms with Crippen molar-refractivity contribution < 1.29 is 23.4 Å². The summed E-state index contributed by atoms with van der Waals surface area (Å²) in [7, 11) is 0. The van der Waals surface area contributed by atoms with Gasteiger partial charge in [0.05, 0.1) is 12.8 Å². The molecule has 1 amide bonds. The van der Waals surface area contributed by atoms with E-state index in [1.807, 2.05) is 6.92 Å². The van der Waals surface area contributed by atoms with Crippen LogP contribution in [0.1, 0.15) is 26.2 Å². The second-order valence-electron chi connectivity index (χ2n) is 9.64. The molecule has 0 radical (unpaired) electrons. The number of carbonyl (C=O) groups excluding carboxylic acids is 1. The zero-order valence-electron chi connectivity index (χ0n) is 19.3. The maximum atomic E-state index is 14.6. The van der Waals surface area contributed by atoms with Gasteiger partial charge < -0.3 is 19.6 Å². The molecule has 182 valence electrons. The second kappa shape index (κ2) is 9.02. The highest BCUT2D eigenvalue weighted by molar-refractivity contribution is 5.77. The zero-order chi connectivity index (χ0) is 23.9. The maximum Gasteiger partial charge on any atom is 0.409 e. The molecule has 1 saturated carbocycles. The van der Waals surface area contributed by atoms with Crippen LogP contribution in [0.5, 0.6) is 5.75 Å². The first-order valence-corrected chi connectivity index (χ1v) is 11.9. The molecule has 34 heavy (non-hydrogen) atoms. The van der Waals surface area contributed by atoms with E-state index < -0.39 is 17.4 Å². The van der Waals surface area contributed by atoms with Crippen LogP contribution in [-0.2, 0) is 4.74 Å². The van der Waals surface area contributed by atoms with Crippen molar-refractivity contribution in [2.45, 2.75) is 32.2 Å². The van der Waals surface area contributed by atoms with Gasteiger partial charge in [-0.2, -0.15) is 0 Å². The summed E-state index contributed by atoms with van der Waals surface area (Å²) < 4.78 is 33.7. The lowest BCUT2D eigenvalue weighted by Gasteiger charge is -2.48. The summed E-state index contributed by atoms with van der Waals surface area (Å²) in [5, 5.41) is 9.79. The predicted octanol–water partition coefficient (Wildman–Crippen LogP) is 3.87. The van der Waals surface area contributed by atoms with Gasteiger partial charge >= 0.3 is 6.09 Å². The Morgan fingerprint density at radius 3 is 2.71 bits per heavy atom. The molecular formula is C25H30F2N4O3. The molecule has 1 spiro atoms. The first kappa shape index (κ1) is 22.8. The lowest BCUT2D eigenvalue weighted by molar-refractivity contribution is -0.00294. The third-order valence-corrected chi connectivity index (χ3v) is 7.49. The average Bonchev–Trinajstić information content (AvgIpc) is 3.26. The Morgan fingerprint density at radius 1 is 1.21 bits per heavy atom. The van der Waals surface area contributed by atoms with Crippen LogP contribution in [0.25, 0.3) is 11.1 Å². The van der Waals surface area contributed by atoms with Crippen molar-refractivity contribution in [2.75, 3.05) is 50.8 Å². The standard InChI is InChI=1S/C25H30F2N4O3/c1-2-34-24(33)31-15-25(16-31)7-6-18(13-25)29-8-10-30(11-9-29)23-20(12-17(26)14-28-23)19-4-3-5-21(32)22(19)27/h3-5,12,14,18,32H,2,6-11,13,15-16H2,1H3/t18-/m1/s1. The summed E-state index contributed by atoms with van der Waals surface area (Å²) in [6, 6.07) is 6.10. The number of hydrogen-bond acceptors (Lipinski definition) is 6. The number of anilines is 1. The lowest BCUT2D eigenvalue weighted by atomic mass is 9.78. The van der Waals surface area contributed by atoms with E-state index in [0.29, 0.717) is 37.1 Å². The largest absolute Gasteiger partial charge is 0.505 e. The summed E-state index contributed by atoms with van der Waals surface area (Å²) >= 11 is 0. The SMILES string of the molecule is CCOC(=O)N1CC2(CC[C@@H](N3CCN(c4ncc(F)cc4-c4cccc(O)c4F)CC3)C2)C1. The number of phenolic OH excluding ortho intramolecular Hbond substituents is 1. The highest BCUT2D eigenvalue weighted by Crippen LogP contribution is 2.47. The van der Waals surface area contributed by atoms with Gasteiger partial charge in [-0.3, -0.25) is 4.90 Å². The molecule has 1 atom stereocenters. The van der Waals surface area contributed by atoms with Gasteiger partial charge in [0, 0.05) is 61.9 Å². The molecule has 3 aliphatic rings. The van der Waals surface area contributed by atoms with Crippen LogP contribution in [0.3, 0.4) is 0 Å². The number of pyridine rings is 1. The van der Waals surface area contributed by atoms with Crippen LogP contribution in [0.15, 0.2) is 30.5 Å². The molecule has 2 aliphatic heterocycles. The number of phenols is 1. The smallest absolute Gasteiger partial charge is 0.409 e. The number of hydrogen-bond donors (Lipinski definition) is 1. The van der Waals surface area contributed by atoms with Crippen molar-refractivity contribution in [3.8, 4) is 16.9 Å². The predicted molar refractivity (Wildman–Crippen MR) is 124 cm³/mol. The number of amides is 1. The molecule has 1 aromatic heterocycles. The van der Waals surface area contributed by atoms with Gasteiger partial charge in [0.1, 0.15) is 11.6 Å². The van der Waals surface area contributed by atoms with Crippen molar-refractivity contribution in [3.05, 3.63) is 42.1 Å². The van der Waals surface area contributed by atoms with Crippen LogP contribution in [0.2, 0.25) is 0 Å². The van der Waals surface area contributed by atoms with Crippen molar-refractivity contribution >= 4 is 11.9 Å². The van der Waals surface area contributed by atoms with E-state index in [9.17, 15) is 18.7 Å². The minimum atomic E-state index is -0.775. The summed E-state index contributed by atoms with van der Waals surface area (Å²) in [6.07, 6.45) is 4.26. The van der Waals surface area contributed by atoms with E-state index in [2.05, 4.69) is 14.8 Å². The molecule has 2 aromatic rings. The van der Waals surface area contributed by atoms with E-state index in [0.717, 1.165) is 51.6 Å². The summed E-state index contributed by atoms with van der Waals surface area (Å²) in [4.78, 5) is 22.6. The zero-order valence-corrected chi connectivity index (χ0v) is 19.3. The molecule has 0 unspecified atom stereocenters. The number of rotatable bonds is 4. The van der Waals surface area contributed by atoms with Gasteiger partial charge in [-0.25, -0.2) is 18.6 Å². The van der Waals surface area contributed by atoms with Gasteiger partial charge in [-0.15, -0.1) is 0 Å². The van der Waals surface area contributed by atoms with Crippen LogP contribution in [0.4, 0.5) is 19.4 Å². The lowest BCUT2D eigenvalue weighted by Crippen LogP contribution is -2.58. The molecular weight excluding hydrogens is 442 g/mol. The Morgan fingerprint density at radius 2 is 1.97 bits per heavy atom. The second-order valence-corrected chi connectivity index (χ2v) is 9.64. The van der Waals surface area contributed by atoms with E-state index in [1.165, 1.54) is 18.2 Å². The molecule has 5 rings (SSSR count). The van der Waals surface area contributed by atoms with Crippen molar-refractivity contribution in [1.82, 2.24) is 14.8 Å². The number of likely N-dealkylation sites (tertiary alicyclic amines) is 1. The Labute approximate surface area is 197 Å². The van der Waals surface area contributed by atoms with Gasteiger partial charge in [0.25, 0.3) is 0 Å². The fraction of sp³-hybridized carbons (Fsp3) is 0.520. The number of carbonyl (C=O) groups is 1. The van der Waals surface area contributed by atoms with Crippen molar-refractivity contribution in [1.29, 1.82) is 0 Å². The number of aromatic hydroxyl groups is 1. The van der Waals surface area contributed by atoms with E-state index in [4.69, 9.17) is 4.74 Å². The number of piperazine rings is 1. The fourth-order valence-electron chi connectivity index (χ4n) is 5.79. The van der Waals surface area contributed by atoms with E-state index in [-0.39, 0.29) is 17.1 Å². The molecule has 7 nitrogen and oxygen atoms in total. The highest BCUT2D eigenvalue weighted by Gasteiger charge is 2.51. The number of benzene rings is 1. The fourth-order valence-corrected chi connectivity index (χ4v) is 5.79. The van der Waals surface area contributed by atoms with Crippen LogP contribution in [0, 0.1) is 17.0 Å². The van der Waals surface area contributed by atoms with Gasteiger partial charge in [-0.05, 0) is 38.3 Å². The third kappa shape index (κ3) is 4.17. The van der Waals surface area contributed by atoms with Gasteiger partial charge in [-0.1, -0.05) is 12.1 Å². The first-order chi connectivity index (χ1) is 16.4. The quantitative estimate of drug-likeness (QED) is 0.729. The molecule has 1 aromatic carbocycles. The number of ether oxygens (including phenoxy) is 1. The minimum absolute atomic E-state index is 0.137. The highest BCUT2D eigenvalue weighted by atomic mass is 19.1. The Hall–Kier alpha value is -2.94. The van der Waals surface area contributed by atoms with Crippen LogP contribution in [-0.4, -0.2) is 77.9 Å². The van der Waals surface area contributed by atoms with Crippen LogP contribution >= 0.6 is 0 Å². The molecule has 9 heteroatoms. The van der Waals surface area contributed by atoms with Crippen LogP contribution < -0.4 is 4.90 Å². The maximum absolute atomic E-state index is 14.6. The van der Waals surface area contributed by atoms with Crippen molar-refractivity contribution in [2.24, 2.45) is 5.41 Å². The topological polar surface area (TPSA) is 69.1 Å². The van der Waals surface area contributed by atoms with E-state index >= 15 is 0 Å². The summed E-state index contributed by atoms with van der Waals surface area (Å²) in [6.45, 7) is 6.85. The Balaban J connectivity index is 1.23. The summed E-state index contributed by atoms with van der Waals surface area (Å²) in [5.74, 6) is -1.26. The minimum Gasteiger partial charge on any atom is -0.505 e. The van der Waals surface area contributed by atoms with Gasteiger partial charge in [0.2, 0.25) is 0 Å². The first-order valence-electron chi connectivity index (χ1n) is 11.9. The Bertz CT molecular complexity index is 1070. The molecule has 1 N–H and O–H groups in total. The number of nitrogens with zero attached hydrogens (tertiary/aromatic N) is 4. The molecule has 1 aliphatic carbocycles. The Kier molecular flexibility index (Phi) is 6.06. The number of aromatic nitrogens is 1. The molecule has 2 saturated heterocycles. The third-order valence-electron chi connectivity index (χ3n) is 7.49. The van der Waals surface area contributed by atoms with Crippen molar-refractivity contribution in [3.63, 3.8) is 0 Å². The average molecular weight is 473 g/mol. The summed E-state index contributed by atoms with van der Waals surface area (Å²) in [5.41, 5.74) is 0.695. The van der Waals surface area contributed by atoms with Gasteiger partial charge in [0.15, 0.2) is 11.6 Å².